The Balaban J connectivity index is 1.95. The second kappa shape index (κ2) is 2.68. The van der Waals surface area contributed by atoms with Gasteiger partial charge in [0.2, 0.25) is 0 Å². The third kappa shape index (κ3) is 1.30. The molecule has 60 valence electrons. The van der Waals surface area contributed by atoms with Gasteiger partial charge in [0.25, 0.3) is 0 Å². The molecule has 11 heavy (non-hydrogen) atoms. The molecule has 0 aromatic rings. The van der Waals surface area contributed by atoms with Gasteiger partial charge in [-0.05, 0) is 24.3 Å². The monoisotopic (exact) mass is 153 g/mol. The zero-order valence-electron chi connectivity index (χ0n) is 6.39. The topological polar surface area (TPSA) is 12.0 Å². The largest absolute Gasteiger partial charge is 0.387 e. The molecule has 0 aromatic carbocycles. The number of hydrogen-bond donors (Lipinski definition) is 1. The highest BCUT2D eigenvalue weighted by molar-refractivity contribution is 5.26. The highest BCUT2D eigenvalue weighted by atomic mass is 19.1. The van der Waals surface area contributed by atoms with E-state index in [2.05, 4.69) is 17.5 Å². The van der Waals surface area contributed by atoms with Crippen LogP contribution in [0, 0.1) is 5.92 Å². The molecule has 1 nitrogen and oxygen atoms in total. The summed E-state index contributed by atoms with van der Waals surface area (Å²) in [6.45, 7) is 0.912. The lowest BCUT2D eigenvalue weighted by Gasteiger charge is -2.31. The fourth-order valence-corrected chi connectivity index (χ4v) is 1.56. The lowest BCUT2D eigenvalue weighted by molar-refractivity contribution is 0.156. The standard InChI is InChI=1S/C9H12FN/c10-9-4-8(5-9)7-2-1-3-11-6-7/h1-2,6,8-9,11H,3-5H2. The summed E-state index contributed by atoms with van der Waals surface area (Å²) < 4.78 is 12.5. The molecule has 0 bridgehead atoms. The summed E-state index contributed by atoms with van der Waals surface area (Å²) in [7, 11) is 0. The summed E-state index contributed by atoms with van der Waals surface area (Å²) in [4.78, 5) is 0. The first kappa shape index (κ1) is 6.89. The quantitative estimate of drug-likeness (QED) is 0.605. The molecule has 1 aliphatic heterocycles. The molecule has 1 fully saturated rings. The molecule has 0 saturated heterocycles. The van der Waals surface area contributed by atoms with E-state index in [1.807, 2.05) is 6.20 Å². The minimum absolute atomic E-state index is 0.481. The lowest BCUT2D eigenvalue weighted by atomic mass is 9.78. The van der Waals surface area contributed by atoms with Gasteiger partial charge in [-0.2, -0.15) is 0 Å². The van der Waals surface area contributed by atoms with Crippen LogP contribution in [0.5, 0.6) is 0 Å². The smallest absolute Gasteiger partial charge is 0.101 e. The van der Waals surface area contributed by atoms with Crippen molar-refractivity contribution in [3.8, 4) is 0 Å². The van der Waals surface area contributed by atoms with E-state index in [1.54, 1.807) is 0 Å². The second-order valence-corrected chi connectivity index (χ2v) is 3.22. The Morgan fingerprint density at radius 2 is 2.27 bits per heavy atom. The van der Waals surface area contributed by atoms with Crippen molar-refractivity contribution >= 4 is 0 Å². The van der Waals surface area contributed by atoms with Crippen LogP contribution in [-0.2, 0) is 0 Å². The summed E-state index contributed by atoms with van der Waals surface area (Å²) in [6.07, 6.45) is 7.09. The number of hydrogen-bond acceptors (Lipinski definition) is 1. The van der Waals surface area contributed by atoms with E-state index in [9.17, 15) is 4.39 Å². The molecule has 2 heteroatoms. The normalized spacial score (nSPS) is 35.5. The van der Waals surface area contributed by atoms with E-state index in [4.69, 9.17) is 0 Å². The molecule has 0 spiro atoms. The van der Waals surface area contributed by atoms with Crippen molar-refractivity contribution in [3.63, 3.8) is 0 Å². The minimum atomic E-state index is -0.545. The van der Waals surface area contributed by atoms with Crippen molar-refractivity contribution in [2.75, 3.05) is 6.54 Å². The van der Waals surface area contributed by atoms with Gasteiger partial charge in [0, 0.05) is 12.7 Å². The van der Waals surface area contributed by atoms with Crippen molar-refractivity contribution in [1.29, 1.82) is 0 Å². The first-order valence-electron chi connectivity index (χ1n) is 4.10. The van der Waals surface area contributed by atoms with Crippen LogP contribution in [0.1, 0.15) is 12.8 Å². The van der Waals surface area contributed by atoms with Crippen LogP contribution in [0.25, 0.3) is 0 Å². The Morgan fingerprint density at radius 3 is 2.82 bits per heavy atom. The van der Waals surface area contributed by atoms with Crippen molar-refractivity contribution in [1.82, 2.24) is 5.32 Å². The average molecular weight is 153 g/mol. The summed E-state index contributed by atoms with van der Waals surface area (Å²) >= 11 is 0. The fourth-order valence-electron chi connectivity index (χ4n) is 1.56. The number of alkyl halides is 1. The molecule has 0 atom stereocenters. The third-order valence-electron chi connectivity index (χ3n) is 2.37. The SMILES string of the molecule is FC1CC(C2=CNCC=C2)C1. The predicted octanol–water partition coefficient (Wildman–Crippen LogP) is 1.78. The highest BCUT2D eigenvalue weighted by Crippen LogP contribution is 2.36. The average Bonchev–Trinajstić information content (AvgIpc) is 2.01. The Morgan fingerprint density at radius 1 is 1.45 bits per heavy atom. The number of rotatable bonds is 1. The summed E-state index contributed by atoms with van der Waals surface area (Å²) in [5, 5.41) is 3.13. The van der Waals surface area contributed by atoms with Crippen LogP contribution < -0.4 is 5.32 Å². The zero-order valence-corrected chi connectivity index (χ0v) is 6.39. The van der Waals surface area contributed by atoms with Gasteiger partial charge in [-0.15, -0.1) is 0 Å². The van der Waals surface area contributed by atoms with Crippen LogP contribution in [0.2, 0.25) is 0 Å². The van der Waals surface area contributed by atoms with Gasteiger partial charge in [0.1, 0.15) is 6.17 Å². The molecule has 1 N–H and O–H groups in total. The molecule has 2 rings (SSSR count). The number of halogens is 1. The maximum atomic E-state index is 12.5. The van der Waals surface area contributed by atoms with Crippen molar-refractivity contribution in [2.45, 2.75) is 19.0 Å². The van der Waals surface area contributed by atoms with Crippen molar-refractivity contribution in [2.24, 2.45) is 5.92 Å². The molecule has 2 aliphatic rings. The molecular formula is C9H12FN. The van der Waals surface area contributed by atoms with Crippen LogP contribution in [0.3, 0.4) is 0 Å². The Hall–Kier alpha value is -0.790. The van der Waals surface area contributed by atoms with Gasteiger partial charge in [0.05, 0.1) is 0 Å². The van der Waals surface area contributed by atoms with Crippen LogP contribution in [0.15, 0.2) is 23.9 Å². The van der Waals surface area contributed by atoms with Gasteiger partial charge in [-0.3, -0.25) is 0 Å². The minimum Gasteiger partial charge on any atom is -0.387 e. The molecule has 1 heterocycles. The Kier molecular flexibility index (Phi) is 1.68. The molecule has 1 aliphatic carbocycles. The summed E-state index contributed by atoms with van der Waals surface area (Å²) in [5.74, 6) is 0.481. The maximum Gasteiger partial charge on any atom is 0.101 e. The summed E-state index contributed by atoms with van der Waals surface area (Å²) in [5.41, 5.74) is 1.27. The van der Waals surface area contributed by atoms with Crippen molar-refractivity contribution in [3.05, 3.63) is 23.9 Å². The van der Waals surface area contributed by atoms with E-state index in [0.29, 0.717) is 5.92 Å². The van der Waals surface area contributed by atoms with E-state index in [-0.39, 0.29) is 0 Å². The van der Waals surface area contributed by atoms with Crippen molar-refractivity contribution < 1.29 is 4.39 Å². The van der Waals surface area contributed by atoms with Gasteiger partial charge in [-0.1, -0.05) is 12.2 Å². The number of allylic oxidation sites excluding steroid dienone is 2. The van der Waals surface area contributed by atoms with Crippen LogP contribution >= 0.6 is 0 Å². The lowest BCUT2D eigenvalue weighted by Crippen LogP contribution is -2.27. The third-order valence-corrected chi connectivity index (χ3v) is 2.37. The van der Waals surface area contributed by atoms with Gasteiger partial charge in [-0.25, -0.2) is 4.39 Å². The maximum absolute atomic E-state index is 12.5. The fraction of sp³-hybridized carbons (Fsp3) is 0.556. The predicted molar refractivity (Wildman–Crippen MR) is 42.8 cm³/mol. The zero-order chi connectivity index (χ0) is 7.68. The molecule has 0 unspecified atom stereocenters. The molecule has 0 radical (unpaired) electrons. The second-order valence-electron chi connectivity index (χ2n) is 3.22. The molecule has 1 saturated carbocycles. The van der Waals surface area contributed by atoms with E-state index < -0.39 is 6.17 Å². The van der Waals surface area contributed by atoms with E-state index in [1.165, 1.54) is 5.57 Å². The first-order valence-corrected chi connectivity index (χ1v) is 4.10. The number of nitrogens with one attached hydrogen (secondary N) is 1. The number of dihydropyridines is 1. The summed E-state index contributed by atoms with van der Waals surface area (Å²) in [6, 6.07) is 0. The Bertz CT molecular complexity index is 202. The molecule has 0 amide bonds. The van der Waals surface area contributed by atoms with Crippen LogP contribution in [0.4, 0.5) is 4.39 Å². The molecular weight excluding hydrogens is 141 g/mol. The van der Waals surface area contributed by atoms with Gasteiger partial charge >= 0.3 is 0 Å². The Labute approximate surface area is 66.0 Å². The van der Waals surface area contributed by atoms with E-state index >= 15 is 0 Å². The van der Waals surface area contributed by atoms with Gasteiger partial charge in [0.15, 0.2) is 0 Å². The van der Waals surface area contributed by atoms with E-state index in [0.717, 1.165) is 19.4 Å². The molecule has 0 aromatic heterocycles. The first-order chi connectivity index (χ1) is 5.36. The highest BCUT2D eigenvalue weighted by Gasteiger charge is 2.30. The van der Waals surface area contributed by atoms with Gasteiger partial charge < -0.3 is 5.32 Å². The van der Waals surface area contributed by atoms with Crippen LogP contribution in [-0.4, -0.2) is 12.7 Å².